The summed E-state index contributed by atoms with van der Waals surface area (Å²) in [6.45, 7) is 6.01. The first-order chi connectivity index (χ1) is 12.1. The predicted octanol–water partition coefficient (Wildman–Crippen LogP) is 2.37. The van der Waals surface area contributed by atoms with E-state index in [4.69, 9.17) is 9.47 Å². The lowest BCUT2D eigenvalue weighted by molar-refractivity contribution is -0.0133. The summed E-state index contributed by atoms with van der Waals surface area (Å²) in [6, 6.07) is 7.85. The van der Waals surface area contributed by atoms with Gasteiger partial charge in [0.15, 0.2) is 0 Å². The zero-order valence-corrected chi connectivity index (χ0v) is 14.9. The number of nitrogens with one attached hydrogen (secondary N) is 1. The van der Waals surface area contributed by atoms with Crippen LogP contribution in [0.3, 0.4) is 0 Å². The second-order valence-electron chi connectivity index (χ2n) is 6.20. The van der Waals surface area contributed by atoms with Crippen molar-refractivity contribution < 1.29 is 14.3 Å². The molecule has 2 aromatic rings. The number of nitrogens with zero attached hydrogens (tertiary/aromatic N) is 3. The summed E-state index contributed by atoms with van der Waals surface area (Å²) >= 11 is 0. The quantitative estimate of drug-likeness (QED) is 0.924. The summed E-state index contributed by atoms with van der Waals surface area (Å²) in [4.78, 5) is 14.4. The molecule has 1 atom stereocenters. The Bertz CT molecular complexity index is 742. The van der Waals surface area contributed by atoms with Gasteiger partial charge in [-0.15, -0.1) is 0 Å². The Morgan fingerprint density at radius 1 is 1.44 bits per heavy atom. The predicted molar refractivity (Wildman–Crippen MR) is 95.2 cm³/mol. The number of amides is 2. The Morgan fingerprint density at radius 3 is 3.04 bits per heavy atom. The van der Waals surface area contributed by atoms with Crippen LogP contribution in [0.15, 0.2) is 30.5 Å². The Kier molecular flexibility index (Phi) is 5.35. The minimum absolute atomic E-state index is 0.0779. The molecule has 1 aromatic heterocycles. The first kappa shape index (κ1) is 17.4. The molecule has 1 saturated heterocycles. The highest BCUT2D eigenvalue weighted by molar-refractivity contribution is 5.90. The maximum absolute atomic E-state index is 12.7. The zero-order chi connectivity index (χ0) is 17.8. The van der Waals surface area contributed by atoms with Gasteiger partial charge in [-0.1, -0.05) is 12.1 Å². The van der Waals surface area contributed by atoms with Gasteiger partial charge < -0.3 is 19.7 Å². The minimum Gasteiger partial charge on any atom is -0.382 e. The molecule has 7 nitrogen and oxygen atoms in total. The smallest absolute Gasteiger partial charge is 0.322 e. The van der Waals surface area contributed by atoms with Crippen molar-refractivity contribution in [3.63, 3.8) is 0 Å². The third kappa shape index (κ3) is 3.83. The molecular weight excluding hydrogens is 320 g/mol. The first-order valence-corrected chi connectivity index (χ1v) is 8.36. The van der Waals surface area contributed by atoms with E-state index in [0.717, 1.165) is 16.9 Å². The fourth-order valence-electron chi connectivity index (χ4n) is 2.99. The number of benzene rings is 1. The Labute approximate surface area is 147 Å². The van der Waals surface area contributed by atoms with E-state index >= 15 is 0 Å². The molecule has 134 valence electrons. The van der Waals surface area contributed by atoms with Crippen LogP contribution in [-0.2, 0) is 9.47 Å². The van der Waals surface area contributed by atoms with E-state index in [1.54, 1.807) is 18.2 Å². The number of aromatic nitrogens is 2. The maximum Gasteiger partial charge on any atom is 0.322 e. The van der Waals surface area contributed by atoms with Gasteiger partial charge in [-0.3, -0.25) is 0 Å². The number of rotatable bonds is 4. The second kappa shape index (κ2) is 7.67. The maximum atomic E-state index is 12.7. The molecule has 2 amide bonds. The van der Waals surface area contributed by atoms with Crippen LogP contribution < -0.4 is 5.32 Å². The van der Waals surface area contributed by atoms with E-state index in [1.807, 2.05) is 36.7 Å². The van der Waals surface area contributed by atoms with E-state index in [-0.39, 0.29) is 12.1 Å². The number of morpholine rings is 1. The number of ether oxygens (including phenoxy) is 2. The van der Waals surface area contributed by atoms with Crippen LogP contribution in [-0.4, -0.2) is 60.2 Å². The van der Waals surface area contributed by atoms with Crippen molar-refractivity contribution in [2.24, 2.45) is 0 Å². The third-order valence-corrected chi connectivity index (χ3v) is 4.35. The largest absolute Gasteiger partial charge is 0.382 e. The van der Waals surface area contributed by atoms with Crippen molar-refractivity contribution in [1.82, 2.24) is 14.7 Å². The molecule has 1 aromatic carbocycles. The summed E-state index contributed by atoms with van der Waals surface area (Å²) in [5.41, 5.74) is 3.72. The fraction of sp³-hybridized carbons (Fsp3) is 0.444. The third-order valence-electron chi connectivity index (χ3n) is 4.35. The van der Waals surface area contributed by atoms with Gasteiger partial charge >= 0.3 is 6.03 Å². The number of methoxy groups -OCH3 is 1. The molecule has 0 saturated carbocycles. The molecule has 0 radical (unpaired) electrons. The number of carbonyl (C=O) groups excluding carboxylic acids is 1. The highest BCUT2D eigenvalue weighted by Crippen LogP contribution is 2.20. The van der Waals surface area contributed by atoms with Crippen molar-refractivity contribution in [2.45, 2.75) is 19.9 Å². The summed E-state index contributed by atoms with van der Waals surface area (Å²) in [6.07, 6.45) is 1.68. The van der Waals surface area contributed by atoms with Gasteiger partial charge in [-0.25, -0.2) is 9.48 Å². The molecule has 3 rings (SSSR count). The first-order valence-electron chi connectivity index (χ1n) is 8.36. The topological polar surface area (TPSA) is 68.6 Å². The Morgan fingerprint density at radius 2 is 2.28 bits per heavy atom. The van der Waals surface area contributed by atoms with E-state index < -0.39 is 0 Å². The van der Waals surface area contributed by atoms with Crippen LogP contribution in [0.1, 0.15) is 11.3 Å². The Balaban J connectivity index is 1.76. The van der Waals surface area contributed by atoms with E-state index in [1.165, 1.54) is 0 Å². The van der Waals surface area contributed by atoms with Gasteiger partial charge in [-0.2, -0.15) is 5.10 Å². The molecular formula is C18H24N4O3. The highest BCUT2D eigenvalue weighted by Gasteiger charge is 2.28. The van der Waals surface area contributed by atoms with Crippen LogP contribution in [0.4, 0.5) is 10.5 Å². The van der Waals surface area contributed by atoms with Crippen molar-refractivity contribution in [1.29, 1.82) is 0 Å². The number of urea groups is 1. The number of carbonyl (C=O) groups is 1. The van der Waals surface area contributed by atoms with Gasteiger partial charge in [-0.05, 0) is 31.5 Å². The fourth-order valence-corrected chi connectivity index (χ4v) is 2.99. The monoisotopic (exact) mass is 344 g/mol. The van der Waals surface area contributed by atoms with Crippen molar-refractivity contribution >= 4 is 11.7 Å². The molecule has 1 fully saturated rings. The van der Waals surface area contributed by atoms with Gasteiger partial charge in [0, 0.05) is 13.7 Å². The van der Waals surface area contributed by atoms with Gasteiger partial charge in [0.1, 0.15) is 0 Å². The standard InChI is InChI=1S/C18H24N4O3/c1-13-5-4-6-15(9-13)22-14(2)17(10-19-22)20-18(23)21-7-8-25-12-16(21)11-24-3/h4-6,9-10,16H,7-8,11-12H2,1-3H3,(H,20,23). The van der Waals surface area contributed by atoms with Crippen molar-refractivity contribution in [3.05, 3.63) is 41.7 Å². The molecule has 1 unspecified atom stereocenters. The average molecular weight is 344 g/mol. The van der Waals surface area contributed by atoms with Gasteiger partial charge in [0.2, 0.25) is 0 Å². The SMILES string of the molecule is COCC1COCCN1C(=O)Nc1cnn(-c2cccc(C)c2)c1C. The minimum atomic E-state index is -0.155. The highest BCUT2D eigenvalue weighted by atomic mass is 16.5. The van der Waals surface area contributed by atoms with Crippen molar-refractivity contribution in [3.8, 4) is 5.69 Å². The zero-order valence-electron chi connectivity index (χ0n) is 14.9. The molecule has 25 heavy (non-hydrogen) atoms. The van der Waals surface area contributed by atoms with Gasteiger partial charge in [0.25, 0.3) is 0 Å². The average Bonchev–Trinajstić information content (AvgIpc) is 2.96. The van der Waals surface area contributed by atoms with Crippen LogP contribution >= 0.6 is 0 Å². The number of aryl methyl sites for hydroxylation is 1. The summed E-state index contributed by atoms with van der Waals surface area (Å²) < 4.78 is 12.5. The molecule has 0 bridgehead atoms. The summed E-state index contributed by atoms with van der Waals surface area (Å²) in [7, 11) is 1.63. The van der Waals surface area contributed by atoms with Crippen molar-refractivity contribution in [2.75, 3.05) is 38.8 Å². The second-order valence-corrected chi connectivity index (χ2v) is 6.20. The molecule has 2 heterocycles. The normalized spacial score (nSPS) is 17.6. The van der Waals surface area contributed by atoms with Crippen LogP contribution in [0, 0.1) is 13.8 Å². The van der Waals surface area contributed by atoms with Crippen LogP contribution in [0.5, 0.6) is 0 Å². The lowest BCUT2D eigenvalue weighted by Gasteiger charge is -2.35. The van der Waals surface area contributed by atoms with E-state index in [0.29, 0.717) is 32.1 Å². The molecule has 0 spiro atoms. The van der Waals surface area contributed by atoms with Gasteiger partial charge in [0.05, 0.1) is 49.1 Å². The molecule has 1 N–H and O–H groups in total. The summed E-state index contributed by atoms with van der Waals surface area (Å²) in [5.74, 6) is 0. The summed E-state index contributed by atoms with van der Waals surface area (Å²) in [5, 5.41) is 7.38. The Hall–Kier alpha value is -2.38. The van der Waals surface area contributed by atoms with Crippen LogP contribution in [0.25, 0.3) is 5.69 Å². The number of anilines is 1. The molecule has 1 aliphatic heterocycles. The number of hydrogen-bond acceptors (Lipinski definition) is 4. The molecule has 1 aliphatic rings. The lowest BCUT2D eigenvalue weighted by atomic mass is 10.2. The van der Waals surface area contributed by atoms with E-state index in [2.05, 4.69) is 16.5 Å². The van der Waals surface area contributed by atoms with Crippen LogP contribution in [0.2, 0.25) is 0 Å². The number of hydrogen-bond donors (Lipinski definition) is 1. The molecule has 0 aliphatic carbocycles. The molecule has 7 heteroatoms. The lowest BCUT2D eigenvalue weighted by Crippen LogP contribution is -2.52. The van der Waals surface area contributed by atoms with E-state index in [9.17, 15) is 4.79 Å².